The maximum atomic E-state index is 11.7. The summed E-state index contributed by atoms with van der Waals surface area (Å²) < 4.78 is 16.2. The molecule has 4 heteroatoms. The fourth-order valence-electron chi connectivity index (χ4n) is 1.72. The van der Waals surface area contributed by atoms with Gasteiger partial charge in [0, 0.05) is 6.42 Å². The molecule has 1 aliphatic rings. The third-order valence-corrected chi connectivity index (χ3v) is 2.78. The van der Waals surface area contributed by atoms with E-state index < -0.39 is 5.79 Å². The van der Waals surface area contributed by atoms with Gasteiger partial charge in [0.1, 0.15) is 6.61 Å². The molecule has 0 atom stereocenters. The van der Waals surface area contributed by atoms with Gasteiger partial charge in [0.15, 0.2) is 0 Å². The summed E-state index contributed by atoms with van der Waals surface area (Å²) >= 11 is 0. The molecule has 0 radical (unpaired) electrons. The van der Waals surface area contributed by atoms with Crippen LogP contribution in [0.5, 0.6) is 0 Å². The van der Waals surface area contributed by atoms with Crippen molar-refractivity contribution in [2.24, 2.45) is 0 Å². The van der Waals surface area contributed by atoms with Gasteiger partial charge < -0.3 is 14.2 Å². The van der Waals surface area contributed by atoms with E-state index in [9.17, 15) is 4.79 Å². The van der Waals surface area contributed by atoms with E-state index in [1.165, 1.54) is 0 Å². The van der Waals surface area contributed by atoms with Crippen molar-refractivity contribution in [3.05, 3.63) is 35.9 Å². The summed E-state index contributed by atoms with van der Waals surface area (Å²) in [6.07, 6.45) is 0.662. The quantitative estimate of drug-likeness (QED) is 0.750. The average Bonchev–Trinajstić information content (AvgIpc) is 2.86. The first kappa shape index (κ1) is 12.1. The third kappa shape index (κ3) is 2.84. The van der Waals surface area contributed by atoms with Gasteiger partial charge in [0.25, 0.3) is 0 Å². The molecule has 0 spiro atoms. The molecule has 1 aromatic rings. The highest BCUT2D eigenvalue weighted by Crippen LogP contribution is 2.23. The molecule has 0 N–H and O–H groups in total. The second kappa shape index (κ2) is 5.29. The molecule has 1 heterocycles. The Bertz CT molecular complexity index is 368. The molecule has 1 aromatic carbocycles. The second-order valence-corrected chi connectivity index (χ2v) is 3.90. The van der Waals surface area contributed by atoms with E-state index in [2.05, 4.69) is 0 Å². The predicted octanol–water partition coefficient (Wildman–Crippen LogP) is 2.00. The van der Waals surface area contributed by atoms with Gasteiger partial charge in [-0.25, -0.2) is 4.79 Å². The van der Waals surface area contributed by atoms with Crippen LogP contribution in [-0.2, 0) is 14.2 Å². The lowest BCUT2D eigenvalue weighted by Gasteiger charge is -2.25. The Morgan fingerprint density at radius 2 is 1.94 bits per heavy atom. The summed E-state index contributed by atoms with van der Waals surface area (Å²) in [6, 6.07) is 8.89. The van der Waals surface area contributed by atoms with Crippen LogP contribution in [-0.4, -0.2) is 31.6 Å². The van der Waals surface area contributed by atoms with Gasteiger partial charge in [-0.05, 0) is 12.1 Å². The van der Waals surface area contributed by atoms with E-state index >= 15 is 0 Å². The van der Waals surface area contributed by atoms with Crippen LogP contribution in [0.1, 0.15) is 23.7 Å². The highest BCUT2D eigenvalue weighted by Gasteiger charge is 2.36. The number of rotatable bonds is 4. The molecule has 0 saturated carbocycles. The average molecular weight is 236 g/mol. The van der Waals surface area contributed by atoms with Gasteiger partial charge in [0.05, 0.1) is 18.8 Å². The number of hydrogen-bond donors (Lipinski definition) is 0. The maximum Gasteiger partial charge on any atom is 0.338 e. The molecule has 1 aliphatic heterocycles. The van der Waals surface area contributed by atoms with Gasteiger partial charge in [-0.15, -0.1) is 0 Å². The number of hydrogen-bond acceptors (Lipinski definition) is 4. The lowest BCUT2D eigenvalue weighted by atomic mass is 10.2. The highest BCUT2D eigenvalue weighted by atomic mass is 16.8. The largest absolute Gasteiger partial charge is 0.456 e. The first-order valence-corrected chi connectivity index (χ1v) is 5.76. The van der Waals surface area contributed by atoms with E-state index in [1.54, 1.807) is 24.3 Å². The van der Waals surface area contributed by atoms with Gasteiger partial charge in [-0.1, -0.05) is 25.1 Å². The lowest BCUT2D eigenvalue weighted by Crippen LogP contribution is -2.36. The Hall–Kier alpha value is -1.39. The standard InChI is InChI=1S/C13H16O4/c1-2-13(16-8-9-17-13)10-15-12(14)11-6-4-3-5-7-11/h3-7H,2,8-10H2,1H3. The van der Waals surface area contributed by atoms with Crippen molar-refractivity contribution in [2.75, 3.05) is 19.8 Å². The SMILES string of the molecule is CCC1(COC(=O)c2ccccc2)OCCO1. The molecule has 1 saturated heterocycles. The summed E-state index contributed by atoms with van der Waals surface area (Å²) in [5.74, 6) is -1.10. The predicted molar refractivity (Wildman–Crippen MR) is 61.7 cm³/mol. The lowest BCUT2D eigenvalue weighted by molar-refractivity contribution is -0.184. The van der Waals surface area contributed by atoms with Crippen LogP contribution in [0.4, 0.5) is 0 Å². The minimum Gasteiger partial charge on any atom is -0.456 e. The first-order chi connectivity index (χ1) is 8.26. The van der Waals surface area contributed by atoms with Gasteiger partial charge in [0.2, 0.25) is 5.79 Å². The Kier molecular flexibility index (Phi) is 3.76. The highest BCUT2D eigenvalue weighted by molar-refractivity contribution is 5.89. The van der Waals surface area contributed by atoms with Crippen LogP contribution in [0.3, 0.4) is 0 Å². The van der Waals surface area contributed by atoms with Crippen LogP contribution < -0.4 is 0 Å². The number of carbonyl (C=O) groups is 1. The Morgan fingerprint density at radius 3 is 2.53 bits per heavy atom. The van der Waals surface area contributed by atoms with Crippen molar-refractivity contribution in [1.82, 2.24) is 0 Å². The van der Waals surface area contributed by atoms with Crippen LogP contribution in [0.25, 0.3) is 0 Å². The minimum atomic E-state index is -0.746. The number of benzene rings is 1. The van der Waals surface area contributed by atoms with E-state index in [4.69, 9.17) is 14.2 Å². The number of esters is 1. The van der Waals surface area contributed by atoms with Crippen LogP contribution in [0, 0.1) is 0 Å². The molecule has 0 bridgehead atoms. The Balaban J connectivity index is 1.92. The van der Waals surface area contributed by atoms with Crippen molar-refractivity contribution in [3.63, 3.8) is 0 Å². The molecule has 17 heavy (non-hydrogen) atoms. The summed E-state index contributed by atoms with van der Waals surface area (Å²) in [6.45, 7) is 3.19. The van der Waals surface area contributed by atoms with Crippen LogP contribution >= 0.6 is 0 Å². The second-order valence-electron chi connectivity index (χ2n) is 3.90. The van der Waals surface area contributed by atoms with E-state index in [0.29, 0.717) is 25.2 Å². The van der Waals surface area contributed by atoms with Crippen molar-refractivity contribution in [3.8, 4) is 0 Å². The number of carbonyl (C=O) groups excluding carboxylic acids is 1. The Labute approximate surface area is 100 Å². The Morgan fingerprint density at radius 1 is 1.29 bits per heavy atom. The van der Waals surface area contributed by atoms with Crippen molar-refractivity contribution in [1.29, 1.82) is 0 Å². The van der Waals surface area contributed by atoms with Crippen molar-refractivity contribution in [2.45, 2.75) is 19.1 Å². The minimum absolute atomic E-state index is 0.136. The van der Waals surface area contributed by atoms with Crippen LogP contribution in [0.2, 0.25) is 0 Å². The maximum absolute atomic E-state index is 11.7. The summed E-state index contributed by atoms with van der Waals surface area (Å²) in [5.41, 5.74) is 0.539. The fraction of sp³-hybridized carbons (Fsp3) is 0.462. The molecule has 4 nitrogen and oxygen atoms in total. The molecule has 0 unspecified atom stereocenters. The molecule has 0 amide bonds. The molecular formula is C13H16O4. The molecule has 1 fully saturated rings. The van der Waals surface area contributed by atoms with Gasteiger partial charge >= 0.3 is 5.97 Å². The monoisotopic (exact) mass is 236 g/mol. The van der Waals surface area contributed by atoms with E-state index in [1.807, 2.05) is 13.0 Å². The summed E-state index contributed by atoms with van der Waals surface area (Å²) in [4.78, 5) is 11.7. The van der Waals surface area contributed by atoms with Crippen LogP contribution in [0.15, 0.2) is 30.3 Å². The van der Waals surface area contributed by atoms with Crippen molar-refractivity contribution < 1.29 is 19.0 Å². The normalized spacial score (nSPS) is 17.9. The summed E-state index contributed by atoms with van der Waals surface area (Å²) in [7, 11) is 0. The zero-order chi connectivity index (χ0) is 12.1. The fourth-order valence-corrected chi connectivity index (χ4v) is 1.72. The van der Waals surface area contributed by atoms with E-state index in [-0.39, 0.29) is 12.6 Å². The molecule has 0 aliphatic carbocycles. The molecule has 92 valence electrons. The smallest absolute Gasteiger partial charge is 0.338 e. The zero-order valence-corrected chi connectivity index (χ0v) is 9.85. The zero-order valence-electron chi connectivity index (χ0n) is 9.85. The van der Waals surface area contributed by atoms with Crippen molar-refractivity contribution >= 4 is 5.97 Å². The van der Waals surface area contributed by atoms with Gasteiger partial charge in [-0.2, -0.15) is 0 Å². The summed E-state index contributed by atoms with van der Waals surface area (Å²) in [5, 5.41) is 0. The topological polar surface area (TPSA) is 44.8 Å². The molecule has 2 rings (SSSR count). The molecule has 0 aromatic heterocycles. The van der Waals surface area contributed by atoms with E-state index in [0.717, 1.165) is 0 Å². The molecular weight excluding hydrogens is 220 g/mol. The third-order valence-electron chi connectivity index (χ3n) is 2.78. The number of ether oxygens (including phenoxy) is 3. The van der Waals surface area contributed by atoms with Gasteiger partial charge in [-0.3, -0.25) is 0 Å². The first-order valence-electron chi connectivity index (χ1n) is 5.76.